The first-order chi connectivity index (χ1) is 14.7. The minimum absolute atomic E-state index is 0.157. The van der Waals surface area contributed by atoms with E-state index in [1.54, 1.807) is 0 Å². The van der Waals surface area contributed by atoms with Gasteiger partial charge in [0.1, 0.15) is 0 Å². The van der Waals surface area contributed by atoms with Crippen LogP contribution in [0.25, 0.3) is 0 Å². The van der Waals surface area contributed by atoms with Crippen LogP contribution in [0, 0.1) is 0 Å². The molecule has 0 unspecified atom stereocenters. The van der Waals surface area contributed by atoms with Crippen LogP contribution in [0.5, 0.6) is 0 Å². The Morgan fingerprint density at radius 1 is 0.677 bits per heavy atom. The SMILES string of the molecule is CC(C)NC(C)C.CCCCCC(O)O.CCCCCCCCCCCCCC(N)=O. The van der Waals surface area contributed by atoms with Gasteiger partial charge in [-0.3, -0.25) is 4.79 Å². The number of unbranched alkanes of at least 4 members (excludes halogenated alkanes) is 12. The first-order valence-electron chi connectivity index (χ1n) is 13.1. The minimum atomic E-state index is -1.10. The van der Waals surface area contributed by atoms with Crippen molar-refractivity contribution in [3.8, 4) is 0 Å². The van der Waals surface area contributed by atoms with Crippen molar-refractivity contribution in [3.05, 3.63) is 0 Å². The summed E-state index contributed by atoms with van der Waals surface area (Å²) in [5.41, 5.74) is 5.07. The van der Waals surface area contributed by atoms with Crippen LogP contribution in [0.1, 0.15) is 144 Å². The van der Waals surface area contributed by atoms with Gasteiger partial charge in [0, 0.05) is 18.5 Å². The number of hydrogen-bond donors (Lipinski definition) is 4. The zero-order chi connectivity index (χ0) is 24.3. The number of amides is 1. The fraction of sp³-hybridized carbons (Fsp3) is 0.962. The summed E-state index contributed by atoms with van der Waals surface area (Å²) < 4.78 is 0. The molecular weight excluding hydrogens is 388 g/mol. The maximum atomic E-state index is 10.5. The van der Waals surface area contributed by atoms with Gasteiger partial charge in [0.2, 0.25) is 5.91 Å². The van der Waals surface area contributed by atoms with Crippen LogP contribution in [0.3, 0.4) is 0 Å². The maximum Gasteiger partial charge on any atom is 0.217 e. The topological polar surface area (TPSA) is 95.6 Å². The average molecular weight is 447 g/mol. The zero-order valence-corrected chi connectivity index (χ0v) is 21.9. The molecule has 0 heterocycles. The Kier molecular flexibility index (Phi) is 33.1. The lowest BCUT2D eigenvalue weighted by Crippen LogP contribution is -2.29. The smallest absolute Gasteiger partial charge is 0.217 e. The number of aliphatic hydroxyl groups is 2. The molecule has 0 aliphatic rings. The summed E-state index contributed by atoms with van der Waals surface area (Å²) >= 11 is 0. The molecule has 0 spiro atoms. The third-order valence-electron chi connectivity index (χ3n) is 4.76. The number of carbonyl (C=O) groups excluding carboxylic acids is 1. The molecule has 190 valence electrons. The highest BCUT2D eigenvalue weighted by Gasteiger charge is 1.96. The Morgan fingerprint density at radius 2 is 1.03 bits per heavy atom. The fourth-order valence-electron chi connectivity index (χ4n) is 3.21. The van der Waals surface area contributed by atoms with Crippen LogP contribution in [-0.4, -0.2) is 34.5 Å². The van der Waals surface area contributed by atoms with E-state index in [-0.39, 0.29) is 5.91 Å². The van der Waals surface area contributed by atoms with Crippen LogP contribution in [0.2, 0.25) is 0 Å². The molecule has 5 nitrogen and oxygen atoms in total. The van der Waals surface area contributed by atoms with Crippen molar-refractivity contribution >= 4 is 5.91 Å². The molecule has 0 aliphatic heterocycles. The van der Waals surface area contributed by atoms with Gasteiger partial charge in [-0.25, -0.2) is 0 Å². The molecule has 5 heteroatoms. The first kappa shape index (κ1) is 35.0. The summed E-state index contributed by atoms with van der Waals surface area (Å²) in [7, 11) is 0. The van der Waals surface area contributed by atoms with Gasteiger partial charge >= 0.3 is 0 Å². The highest BCUT2D eigenvalue weighted by molar-refractivity contribution is 5.73. The van der Waals surface area contributed by atoms with Crippen LogP contribution >= 0.6 is 0 Å². The normalized spacial score (nSPS) is 10.7. The number of carbonyl (C=O) groups is 1. The summed E-state index contributed by atoms with van der Waals surface area (Å²) in [6.07, 6.45) is 17.6. The Hall–Kier alpha value is -0.650. The van der Waals surface area contributed by atoms with Crippen molar-refractivity contribution in [3.63, 3.8) is 0 Å². The second-order valence-corrected chi connectivity index (χ2v) is 9.20. The van der Waals surface area contributed by atoms with Crippen molar-refractivity contribution < 1.29 is 15.0 Å². The maximum absolute atomic E-state index is 10.5. The van der Waals surface area contributed by atoms with Crippen molar-refractivity contribution in [2.24, 2.45) is 5.73 Å². The fourth-order valence-corrected chi connectivity index (χ4v) is 3.21. The van der Waals surface area contributed by atoms with E-state index in [0.717, 1.165) is 25.7 Å². The molecule has 0 aromatic carbocycles. The van der Waals surface area contributed by atoms with Crippen molar-refractivity contribution in [1.29, 1.82) is 0 Å². The summed E-state index contributed by atoms with van der Waals surface area (Å²) in [5, 5.41) is 20.0. The number of hydrogen-bond acceptors (Lipinski definition) is 4. The van der Waals surface area contributed by atoms with Gasteiger partial charge in [-0.1, -0.05) is 119 Å². The number of primary amides is 1. The predicted octanol–water partition coefficient (Wildman–Crippen LogP) is 6.44. The largest absolute Gasteiger partial charge is 0.370 e. The van der Waals surface area contributed by atoms with E-state index in [1.165, 1.54) is 64.2 Å². The Morgan fingerprint density at radius 3 is 1.32 bits per heavy atom. The highest BCUT2D eigenvalue weighted by atomic mass is 16.5. The molecule has 0 aromatic heterocycles. The van der Waals surface area contributed by atoms with Crippen molar-refractivity contribution in [2.45, 2.75) is 163 Å². The average Bonchev–Trinajstić information content (AvgIpc) is 2.66. The second kappa shape index (κ2) is 29.4. The van der Waals surface area contributed by atoms with E-state index in [2.05, 4.69) is 46.9 Å². The Bertz CT molecular complexity index is 329. The molecule has 0 bridgehead atoms. The molecule has 0 atom stereocenters. The van der Waals surface area contributed by atoms with E-state index < -0.39 is 6.29 Å². The number of aliphatic hydroxyl groups excluding tert-OH is 1. The van der Waals surface area contributed by atoms with Gasteiger partial charge in [-0.15, -0.1) is 0 Å². The molecular formula is C26H58N2O3. The molecule has 0 fully saturated rings. The monoisotopic (exact) mass is 446 g/mol. The van der Waals surface area contributed by atoms with E-state index in [9.17, 15) is 4.79 Å². The lowest BCUT2D eigenvalue weighted by atomic mass is 10.1. The quantitative estimate of drug-likeness (QED) is 0.144. The van der Waals surface area contributed by atoms with E-state index >= 15 is 0 Å². The summed E-state index contributed by atoms with van der Waals surface area (Å²) in [5.74, 6) is -0.157. The molecule has 0 saturated carbocycles. The third kappa shape index (κ3) is 48.2. The summed E-state index contributed by atoms with van der Waals surface area (Å²) in [6, 6.07) is 1.25. The number of nitrogens with two attached hydrogens (primary N) is 1. The minimum Gasteiger partial charge on any atom is -0.370 e. The third-order valence-corrected chi connectivity index (χ3v) is 4.76. The van der Waals surface area contributed by atoms with Crippen molar-refractivity contribution in [2.75, 3.05) is 0 Å². The molecule has 0 aliphatic carbocycles. The van der Waals surface area contributed by atoms with Gasteiger partial charge < -0.3 is 21.3 Å². The molecule has 31 heavy (non-hydrogen) atoms. The lowest BCUT2D eigenvalue weighted by Gasteiger charge is -2.10. The number of nitrogens with one attached hydrogen (secondary N) is 1. The van der Waals surface area contributed by atoms with E-state index in [0.29, 0.717) is 24.9 Å². The van der Waals surface area contributed by atoms with Gasteiger partial charge in [0.25, 0.3) is 0 Å². The predicted molar refractivity (Wildman–Crippen MR) is 136 cm³/mol. The van der Waals surface area contributed by atoms with Gasteiger partial charge in [0.05, 0.1) is 0 Å². The van der Waals surface area contributed by atoms with E-state index in [4.69, 9.17) is 15.9 Å². The number of rotatable bonds is 18. The zero-order valence-electron chi connectivity index (χ0n) is 21.9. The molecule has 0 radical (unpaired) electrons. The first-order valence-corrected chi connectivity index (χ1v) is 13.1. The van der Waals surface area contributed by atoms with Crippen molar-refractivity contribution in [1.82, 2.24) is 5.32 Å². The molecule has 0 saturated heterocycles. The highest BCUT2D eigenvalue weighted by Crippen LogP contribution is 2.11. The second-order valence-electron chi connectivity index (χ2n) is 9.20. The van der Waals surface area contributed by atoms with Crippen LogP contribution in [0.4, 0.5) is 0 Å². The van der Waals surface area contributed by atoms with Crippen LogP contribution < -0.4 is 11.1 Å². The molecule has 5 N–H and O–H groups in total. The summed E-state index contributed by atoms with van der Waals surface area (Å²) in [4.78, 5) is 10.5. The molecule has 0 rings (SSSR count). The van der Waals surface area contributed by atoms with Gasteiger partial charge in [-0.2, -0.15) is 0 Å². The Balaban J connectivity index is -0.000000435. The lowest BCUT2D eigenvalue weighted by molar-refractivity contribution is -0.118. The van der Waals surface area contributed by atoms with Crippen LogP contribution in [-0.2, 0) is 4.79 Å². The Labute approximate surface area is 195 Å². The van der Waals surface area contributed by atoms with Gasteiger partial charge in [0.15, 0.2) is 6.29 Å². The molecule has 1 amide bonds. The van der Waals surface area contributed by atoms with Crippen LogP contribution in [0.15, 0.2) is 0 Å². The van der Waals surface area contributed by atoms with Gasteiger partial charge in [-0.05, 0) is 19.3 Å². The standard InChI is InChI=1S/C14H29NO.C6H15N.C6H14O2/c1-2-3-4-5-6-7-8-9-10-11-12-13-14(15)16;1-5(2)7-6(3)4;1-2-3-4-5-6(7)8/h2-13H2,1H3,(H2,15,16);5-7H,1-4H3;6-8H,2-5H2,1H3. The summed E-state index contributed by atoms with van der Waals surface area (Å²) in [6.45, 7) is 13.0. The van der Waals surface area contributed by atoms with E-state index in [1.807, 2.05) is 0 Å². The molecule has 0 aromatic rings.